The lowest BCUT2D eigenvalue weighted by molar-refractivity contribution is -0.159. The van der Waals surface area contributed by atoms with E-state index in [4.69, 9.17) is 4.74 Å². The second-order valence-corrected chi connectivity index (χ2v) is 35.7. The van der Waals surface area contributed by atoms with Crippen molar-refractivity contribution in [2.75, 3.05) is 34.5 Å². The average Bonchev–Trinajstić information content (AvgIpc) is 1.61. The highest BCUT2D eigenvalue weighted by Gasteiger charge is 2.46. The van der Waals surface area contributed by atoms with Crippen LogP contribution >= 0.6 is 0 Å². The fourth-order valence-electron chi connectivity index (χ4n) is 13.6. The molecule has 0 amide bonds. The molecule has 12 rings (SSSR count). The van der Waals surface area contributed by atoms with E-state index in [1.165, 1.54) is 84.7 Å². The lowest BCUT2D eigenvalue weighted by Crippen LogP contribution is -2.47. The molecule has 3 aliphatic rings. The molecule has 3 saturated heterocycles. The number of alkyl halides is 5. The topological polar surface area (TPSA) is 301 Å². The van der Waals surface area contributed by atoms with Crippen molar-refractivity contribution in [3.05, 3.63) is 158 Å². The van der Waals surface area contributed by atoms with Gasteiger partial charge in [-0.15, -0.1) is 0 Å². The molecule has 558 valence electrons. The number of ether oxygens (including phenoxy) is 3. The van der Waals surface area contributed by atoms with Gasteiger partial charge in [0.1, 0.15) is 27.1 Å². The molecule has 24 nitrogen and oxygen atoms in total. The number of aromatic nitrogens is 9. The van der Waals surface area contributed by atoms with Crippen molar-refractivity contribution in [3.63, 3.8) is 0 Å². The van der Waals surface area contributed by atoms with Gasteiger partial charge in [0.25, 0.3) is 0 Å². The SMILES string of the molecule is CC(C)n1c(=O)n(-c2cccc(OC(C)(F)F)c2)c2ncc(C(=O)CC3(C)CCS(=O)(=O)CC3)cc21.CC(C)n1c(=O)n(-c2cccc(OC(C)(F)F)c2)c2ncc(C(=O)CC3(C)CS(=O)(=O)C3)cc21.CC(F)Oc1cccc(-n2c(=O)n(C(C)C)c3cc(C(=O)C[C@]4(C)CCS(=O)(=O)C4)cnc32)c1. The van der Waals surface area contributed by atoms with E-state index in [0.717, 1.165) is 0 Å². The zero-order valence-electron chi connectivity index (χ0n) is 59.5. The molecule has 0 radical (unpaired) electrons. The summed E-state index contributed by atoms with van der Waals surface area (Å²) in [5.74, 6) is -0.457. The number of benzene rings is 3. The molecule has 0 aliphatic carbocycles. The molecule has 3 aromatic carbocycles. The number of carbonyl (C=O) groups is 3. The Balaban J connectivity index is 0.000000168. The third kappa shape index (κ3) is 17.4. The van der Waals surface area contributed by atoms with Gasteiger partial charge >= 0.3 is 29.3 Å². The molecular weight excluding hydrogens is 1420 g/mol. The minimum Gasteiger partial charge on any atom is -0.461 e. The zero-order chi connectivity index (χ0) is 76.4. The van der Waals surface area contributed by atoms with Crippen LogP contribution in [0.2, 0.25) is 0 Å². The first kappa shape index (κ1) is 77.4. The molecule has 0 N–H and O–H groups in total. The Morgan fingerprint density at radius 3 is 1.09 bits per heavy atom. The summed E-state index contributed by atoms with van der Waals surface area (Å²) in [6.45, 7) is 19.0. The second-order valence-electron chi connectivity index (χ2n) is 29.2. The minimum absolute atomic E-state index is 0.00952. The molecule has 3 fully saturated rings. The van der Waals surface area contributed by atoms with Crippen LogP contribution in [-0.4, -0.2) is 138 Å². The number of rotatable bonds is 21. The van der Waals surface area contributed by atoms with Gasteiger partial charge in [0.2, 0.25) is 6.36 Å². The normalized spacial score (nSPS) is 18.3. The van der Waals surface area contributed by atoms with Crippen LogP contribution in [-0.2, 0) is 29.5 Å². The van der Waals surface area contributed by atoms with Gasteiger partial charge in [-0.25, -0.2) is 72.7 Å². The molecule has 2 atom stereocenters. The summed E-state index contributed by atoms with van der Waals surface area (Å²) >= 11 is 0. The summed E-state index contributed by atoms with van der Waals surface area (Å²) in [6, 6.07) is 22.1. The highest BCUT2D eigenvalue weighted by molar-refractivity contribution is 7.93. The second kappa shape index (κ2) is 28.7. The fourth-order valence-corrected chi connectivity index (χ4v) is 19.9. The summed E-state index contributed by atoms with van der Waals surface area (Å²) in [6.07, 6.45) is -2.53. The minimum atomic E-state index is -3.39. The Morgan fingerprint density at radius 1 is 0.462 bits per heavy atom. The number of fused-ring (bicyclic) bond motifs is 3. The van der Waals surface area contributed by atoms with Crippen molar-refractivity contribution in [3.8, 4) is 34.3 Å². The van der Waals surface area contributed by atoms with Gasteiger partial charge in [-0.1, -0.05) is 39.0 Å². The highest BCUT2D eigenvalue weighted by atomic mass is 32.2. The Morgan fingerprint density at radius 2 is 0.769 bits per heavy atom. The molecular formula is C72H82F5N9O15S3. The molecule has 1 unspecified atom stereocenters. The summed E-state index contributed by atoms with van der Waals surface area (Å²) in [7, 11) is -9.28. The zero-order valence-corrected chi connectivity index (χ0v) is 61.9. The van der Waals surface area contributed by atoms with E-state index in [1.54, 1.807) is 79.9 Å². The van der Waals surface area contributed by atoms with Gasteiger partial charge in [-0.3, -0.25) is 28.1 Å². The summed E-state index contributed by atoms with van der Waals surface area (Å²) in [5, 5.41) is 0. The van der Waals surface area contributed by atoms with Crippen molar-refractivity contribution in [1.82, 2.24) is 42.4 Å². The van der Waals surface area contributed by atoms with E-state index in [-0.39, 0.29) is 135 Å². The van der Waals surface area contributed by atoms with Crippen molar-refractivity contribution in [2.45, 2.75) is 158 Å². The van der Waals surface area contributed by atoms with Crippen LogP contribution in [0.15, 0.2) is 124 Å². The molecule has 9 heterocycles. The molecule has 3 aliphatic heterocycles. The lowest BCUT2D eigenvalue weighted by atomic mass is 9.78. The number of hydrogen-bond acceptors (Lipinski definition) is 18. The Labute approximate surface area is 596 Å². The Bertz CT molecular complexity index is 5390. The first-order chi connectivity index (χ1) is 48.2. The molecule has 0 saturated carbocycles. The van der Waals surface area contributed by atoms with Crippen LogP contribution in [0.5, 0.6) is 17.2 Å². The number of Topliss-reactive ketones (excluding diaryl/α,β-unsaturated/α-hetero) is 3. The van der Waals surface area contributed by atoms with Crippen molar-refractivity contribution in [2.24, 2.45) is 16.2 Å². The predicted octanol–water partition coefficient (Wildman–Crippen LogP) is 12.2. The maximum atomic E-state index is 13.4. The number of hydrogen-bond donors (Lipinski definition) is 0. The van der Waals surface area contributed by atoms with E-state index in [0.29, 0.717) is 77.8 Å². The van der Waals surface area contributed by atoms with E-state index >= 15 is 0 Å². The molecule has 32 heteroatoms. The first-order valence-electron chi connectivity index (χ1n) is 33.6. The van der Waals surface area contributed by atoms with Crippen LogP contribution in [0.25, 0.3) is 50.6 Å². The van der Waals surface area contributed by atoms with Gasteiger partial charge in [0, 0.05) is 117 Å². The van der Waals surface area contributed by atoms with Crippen LogP contribution in [0.1, 0.15) is 171 Å². The number of nitrogens with zero attached hydrogens (tertiary/aromatic N) is 9. The van der Waals surface area contributed by atoms with E-state index in [1.807, 2.05) is 41.5 Å². The maximum Gasteiger partial charge on any atom is 0.394 e. The van der Waals surface area contributed by atoms with Gasteiger partial charge in [-0.2, -0.15) is 17.6 Å². The van der Waals surface area contributed by atoms with E-state index in [9.17, 15) is 76.0 Å². The van der Waals surface area contributed by atoms with Gasteiger partial charge in [0.15, 0.2) is 54.0 Å². The number of carbonyl (C=O) groups excluding carboxylic acids is 3. The molecule has 6 aromatic heterocycles. The largest absolute Gasteiger partial charge is 0.461 e. The van der Waals surface area contributed by atoms with Crippen LogP contribution in [0, 0.1) is 16.2 Å². The van der Waals surface area contributed by atoms with Gasteiger partial charge in [0.05, 0.1) is 68.1 Å². The molecule has 9 aromatic rings. The number of ketones is 3. The lowest BCUT2D eigenvalue weighted by Gasteiger charge is -2.37. The summed E-state index contributed by atoms with van der Waals surface area (Å²) < 4.78 is 160. The fraction of sp³-hybridized carbons (Fsp3) is 0.458. The van der Waals surface area contributed by atoms with E-state index in [2.05, 4.69) is 24.4 Å². The van der Waals surface area contributed by atoms with Crippen LogP contribution in [0.4, 0.5) is 22.0 Å². The molecule has 104 heavy (non-hydrogen) atoms. The van der Waals surface area contributed by atoms with Crippen molar-refractivity contribution in [1.29, 1.82) is 0 Å². The molecule has 0 bridgehead atoms. The smallest absolute Gasteiger partial charge is 0.394 e. The van der Waals surface area contributed by atoms with Crippen molar-refractivity contribution < 1.29 is 75.8 Å². The maximum absolute atomic E-state index is 13.4. The van der Waals surface area contributed by atoms with Gasteiger partial charge < -0.3 is 14.2 Å². The molecule has 0 spiro atoms. The quantitative estimate of drug-likeness (QED) is 0.0477. The average molecular weight is 1500 g/mol. The summed E-state index contributed by atoms with van der Waals surface area (Å²) in [4.78, 5) is 92.5. The number of halogens is 5. The van der Waals surface area contributed by atoms with Crippen LogP contribution < -0.4 is 31.3 Å². The highest BCUT2D eigenvalue weighted by Crippen LogP contribution is 2.40. The van der Waals surface area contributed by atoms with Crippen molar-refractivity contribution >= 4 is 80.4 Å². The monoisotopic (exact) mass is 1500 g/mol. The predicted molar refractivity (Wildman–Crippen MR) is 382 cm³/mol. The van der Waals surface area contributed by atoms with Gasteiger partial charge in [-0.05, 0) is 126 Å². The standard InChI is InChI=1S/C25H29F2N3O5S.C24H28FN3O5S.C23H25F2N3O5S/c1-16(2)29-20-12-17(21(31)14-24(3)8-10-36(33,34)11-9-24)15-28-22(20)30(23(29)32)18-6-5-7-19(13-18)35-25(4,26)27;1-15(2)27-20-10-17(21(29)12-24(4)8-9-34(31,32)14-24)13-26-22(20)28(23(27)30)18-6-5-7-19(11-18)33-16(3)25;1-14(2)27-18-8-15(19(29)10-22(3)12-34(31,32)13-22)11-26-20(18)28(21(27)30)16-6-5-7-17(9-16)33-23(4,24)25/h5-7,12-13,15-16H,8-11,14H2,1-4H3;5-7,10-11,13,15-16H,8-9,12,14H2,1-4H3;5-9,11,14H,10,12-13H2,1-4H3/t;16?,24-;/m.0./s1. The number of pyridine rings is 3. The number of sulfone groups is 3. The Kier molecular flexibility index (Phi) is 21.4. The summed E-state index contributed by atoms with van der Waals surface area (Å²) in [5.41, 5.74) is 1.32. The Hall–Kier alpha value is -9.17. The third-order valence-corrected chi connectivity index (χ3v) is 24.2. The van der Waals surface area contributed by atoms with E-state index < -0.39 is 75.7 Å². The van der Waals surface area contributed by atoms with Crippen LogP contribution in [0.3, 0.4) is 0 Å². The number of imidazole rings is 3. The first-order valence-corrected chi connectivity index (χ1v) is 39.1. The third-order valence-electron chi connectivity index (χ3n) is 18.3.